The molecule has 7 nitrogen and oxygen atoms in total. The molecule has 150 valence electrons. The van der Waals surface area contributed by atoms with Crippen molar-refractivity contribution in [2.75, 3.05) is 13.6 Å². The molecule has 0 saturated carbocycles. The third kappa shape index (κ3) is 5.69. The van der Waals surface area contributed by atoms with Gasteiger partial charge in [-0.25, -0.2) is 4.99 Å². The lowest BCUT2D eigenvalue weighted by Gasteiger charge is -2.22. The molecule has 0 unspecified atom stereocenters. The van der Waals surface area contributed by atoms with Crippen LogP contribution in [0.4, 0.5) is 0 Å². The zero-order valence-electron chi connectivity index (χ0n) is 16.3. The second-order valence-corrected chi connectivity index (χ2v) is 7.70. The highest BCUT2D eigenvalue weighted by molar-refractivity contribution is 14.0. The van der Waals surface area contributed by atoms with Crippen LogP contribution in [0.15, 0.2) is 21.7 Å². The minimum Gasteiger partial charge on any atom is -0.357 e. The fourth-order valence-electron chi connectivity index (χ4n) is 3.32. The van der Waals surface area contributed by atoms with Gasteiger partial charge in [0.2, 0.25) is 0 Å². The number of aryl methyl sites for hydroxylation is 2. The maximum atomic E-state index is 4.81. The van der Waals surface area contributed by atoms with Crippen molar-refractivity contribution >= 4 is 45.9 Å². The third-order valence-corrected chi connectivity index (χ3v) is 5.16. The second kappa shape index (κ2) is 10.4. The molecule has 0 atom stereocenters. The number of rotatable bonds is 5. The Morgan fingerprint density at radius 2 is 2.15 bits per heavy atom. The van der Waals surface area contributed by atoms with E-state index in [9.17, 15) is 0 Å². The fourth-order valence-corrected chi connectivity index (χ4v) is 3.89. The molecule has 1 aliphatic heterocycles. The van der Waals surface area contributed by atoms with E-state index in [2.05, 4.69) is 78.8 Å². The zero-order chi connectivity index (χ0) is 18.5. The summed E-state index contributed by atoms with van der Waals surface area (Å²) in [5.74, 6) is 2.96. The van der Waals surface area contributed by atoms with Gasteiger partial charge < -0.3 is 19.4 Å². The summed E-state index contributed by atoms with van der Waals surface area (Å²) < 4.78 is 5.48. The van der Waals surface area contributed by atoms with E-state index < -0.39 is 0 Å². The van der Waals surface area contributed by atoms with Crippen LogP contribution in [0.2, 0.25) is 0 Å². The average molecular weight is 550 g/mol. The molecule has 0 spiro atoms. The first kappa shape index (κ1) is 22.2. The van der Waals surface area contributed by atoms with Crippen molar-refractivity contribution in [1.29, 1.82) is 0 Å². The van der Waals surface area contributed by atoms with Gasteiger partial charge in [0, 0.05) is 50.0 Å². The molecule has 27 heavy (non-hydrogen) atoms. The predicted octanol–water partition coefficient (Wildman–Crippen LogP) is 3.32. The van der Waals surface area contributed by atoms with Gasteiger partial charge in [0.05, 0.1) is 6.54 Å². The first-order valence-electron chi connectivity index (χ1n) is 9.29. The minimum atomic E-state index is 0. The molecule has 1 N–H and O–H groups in total. The van der Waals surface area contributed by atoms with Gasteiger partial charge in [-0.3, -0.25) is 0 Å². The second-order valence-electron chi connectivity index (χ2n) is 6.78. The Kier molecular flexibility index (Phi) is 8.59. The number of aliphatic imine (C=N–C) groups is 1. The Morgan fingerprint density at radius 1 is 1.33 bits per heavy atom. The summed E-state index contributed by atoms with van der Waals surface area (Å²) in [5, 5.41) is 12.1. The highest BCUT2D eigenvalue weighted by atomic mass is 127. The number of hydrogen-bond donors (Lipinski definition) is 1. The van der Waals surface area contributed by atoms with Crippen LogP contribution in [0.3, 0.4) is 0 Å². The Bertz CT molecular complexity index is 768. The van der Waals surface area contributed by atoms with Gasteiger partial charge in [0.1, 0.15) is 12.4 Å². The van der Waals surface area contributed by atoms with Gasteiger partial charge in [0.25, 0.3) is 0 Å². The van der Waals surface area contributed by atoms with Crippen LogP contribution in [-0.2, 0) is 33.1 Å². The van der Waals surface area contributed by atoms with E-state index in [-0.39, 0.29) is 24.0 Å². The molecule has 0 saturated heterocycles. The molecule has 0 aromatic carbocycles. The van der Waals surface area contributed by atoms with Crippen molar-refractivity contribution in [3.63, 3.8) is 0 Å². The van der Waals surface area contributed by atoms with E-state index >= 15 is 0 Å². The van der Waals surface area contributed by atoms with E-state index in [0.717, 1.165) is 48.1 Å². The lowest BCUT2D eigenvalue weighted by molar-refractivity contribution is 0.461. The molecule has 9 heteroatoms. The lowest BCUT2D eigenvalue weighted by atomic mass is 10.2. The molecule has 3 heterocycles. The topological polar surface area (TPSA) is 63.3 Å². The van der Waals surface area contributed by atoms with E-state index in [1.54, 1.807) is 0 Å². The summed E-state index contributed by atoms with van der Waals surface area (Å²) in [4.78, 5) is 6.96. The Balaban J connectivity index is 0.00000261. The fraction of sp³-hybridized carbons (Fsp3) is 0.611. The van der Waals surface area contributed by atoms with Crippen molar-refractivity contribution in [1.82, 2.24) is 29.5 Å². The van der Waals surface area contributed by atoms with Crippen molar-refractivity contribution < 1.29 is 0 Å². The molecule has 3 rings (SSSR count). The summed E-state index contributed by atoms with van der Waals surface area (Å²) in [7, 11) is 4.12. The summed E-state index contributed by atoms with van der Waals surface area (Å²) in [6.45, 7) is 5.27. The van der Waals surface area contributed by atoms with Crippen molar-refractivity contribution in [2.45, 2.75) is 52.2 Å². The molecule has 0 aliphatic carbocycles. The maximum Gasteiger partial charge on any atom is 0.194 e. The predicted molar refractivity (Wildman–Crippen MR) is 122 cm³/mol. The van der Waals surface area contributed by atoms with Gasteiger partial charge in [-0.1, -0.05) is 6.42 Å². The van der Waals surface area contributed by atoms with Crippen LogP contribution in [-0.4, -0.2) is 43.8 Å². The smallest absolute Gasteiger partial charge is 0.194 e. The van der Waals surface area contributed by atoms with Crippen LogP contribution in [0.5, 0.6) is 0 Å². The summed E-state index contributed by atoms with van der Waals surface area (Å²) in [5.41, 5.74) is 1.22. The summed E-state index contributed by atoms with van der Waals surface area (Å²) in [6.07, 6.45) is 6.77. The number of nitrogens with zero attached hydrogens (tertiary/aromatic N) is 6. The summed E-state index contributed by atoms with van der Waals surface area (Å²) >= 11 is 3.54. The summed E-state index contributed by atoms with van der Waals surface area (Å²) in [6, 6.07) is 2.14. The lowest BCUT2D eigenvalue weighted by Crippen LogP contribution is -2.38. The molecule has 0 bridgehead atoms. The molecule has 2 aromatic heterocycles. The van der Waals surface area contributed by atoms with Crippen LogP contribution in [0.25, 0.3) is 0 Å². The van der Waals surface area contributed by atoms with Crippen LogP contribution < -0.4 is 5.32 Å². The first-order valence-corrected chi connectivity index (χ1v) is 10.1. The third-order valence-electron chi connectivity index (χ3n) is 4.73. The monoisotopic (exact) mass is 549 g/mol. The largest absolute Gasteiger partial charge is 0.357 e. The number of hydrogen-bond acceptors (Lipinski definition) is 3. The molecule has 0 fully saturated rings. The van der Waals surface area contributed by atoms with Crippen molar-refractivity contribution in [3.8, 4) is 0 Å². The maximum absolute atomic E-state index is 4.81. The van der Waals surface area contributed by atoms with Crippen molar-refractivity contribution in [2.24, 2.45) is 12.0 Å². The van der Waals surface area contributed by atoms with E-state index in [0.29, 0.717) is 6.54 Å². The SMILES string of the molecule is CCNC(=NCc1nnc2n1CCCCC2)N(C)Cc1cc(Br)cn1C.I. The number of halogens is 2. The highest BCUT2D eigenvalue weighted by Gasteiger charge is 2.15. The van der Waals surface area contributed by atoms with Gasteiger partial charge in [0.15, 0.2) is 11.8 Å². The van der Waals surface area contributed by atoms with Gasteiger partial charge in [-0.2, -0.15) is 0 Å². The molecule has 1 aliphatic rings. The highest BCUT2D eigenvalue weighted by Crippen LogP contribution is 2.16. The van der Waals surface area contributed by atoms with Crippen LogP contribution in [0, 0.1) is 0 Å². The normalized spacial score (nSPS) is 14.3. The van der Waals surface area contributed by atoms with Gasteiger partial charge in [-0.05, 0) is 41.8 Å². The molecule has 0 radical (unpaired) electrons. The molecular formula is C18H29BrIN7. The first-order chi connectivity index (χ1) is 12.6. The van der Waals surface area contributed by atoms with Crippen molar-refractivity contribution in [3.05, 3.63) is 34.1 Å². The van der Waals surface area contributed by atoms with E-state index in [1.807, 2.05) is 0 Å². The average Bonchev–Trinajstić information content (AvgIpc) is 3.03. The van der Waals surface area contributed by atoms with Gasteiger partial charge in [-0.15, -0.1) is 34.2 Å². The standard InChI is InChI=1S/C18H28BrN7.HI/c1-4-20-18(25(3)13-15-10-14(19)12-24(15)2)21-11-17-23-22-16-8-6-5-7-9-26(16)17;/h10,12H,4-9,11,13H2,1-3H3,(H,20,21);1H. The number of fused-ring (bicyclic) bond motifs is 1. The number of nitrogens with one attached hydrogen (secondary N) is 1. The molecule has 2 aromatic rings. The zero-order valence-corrected chi connectivity index (χ0v) is 20.2. The van der Waals surface area contributed by atoms with Crippen LogP contribution >= 0.6 is 39.9 Å². The number of aromatic nitrogens is 4. The quantitative estimate of drug-likeness (QED) is 0.353. The van der Waals surface area contributed by atoms with E-state index in [1.165, 1.54) is 25.0 Å². The molecule has 0 amide bonds. The van der Waals surface area contributed by atoms with E-state index in [4.69, 9.17) is 4.99 Å². The Hall–Kier alpha value is -1.10. The molecular weight excluding hydrogens is 521 g/mol. The Labute approximate surface area is 186 Å². The minimum absolute atomic E-state index is 0. The Morgan fingerprint density at radius 3 is 2.85 bits per heavy atom. The van der Waals surface area contributed by atoms with Crippen LogP contribution in [0.1, 0.15) is 43.5 Å². The number of guanidine groups is 1. The van der Waals surface area contributed by atoms with Gasteiger partial charge >= 0.3 is 0 Å².